The summed E-state index contributed by atoms with van der Waals surface area (Å²) >= 11 is 0. The summed E-state index contributed by atoms with van der Waals surface area (Å²) < 4.78 is 6.56. The molecule has 0 saturated carbocycles. The molecule has 0 amide bonds. The Morgan fingerprint density at radius 3 is 2.20 bits per heavy atom. The van der Waals surface area contributed by atoms with Gasteiger partial charge in [-0.3, -0.25) is 0 Å². The molecule has 0 aliphatic carbocycles. The summed E-state index contributed by atoms with van der Waals surface area (Å²) in [5.41, 5.74) is 1.11. The van der Waals surface area contributed by atoms with Crippen LogP contribution in [0.25, 0.3) is 0 Å². The lowest BCUT2D eigenvalue weighted by atomic mass is 10.3. The number of ether oxygens (including phenoxy) is 1. The van der Waals surface area contributed by atoms with Crippen LogP contribution in [0.1, 0.15) is 0 Å². The highest BCUT2D eigenvalue weighted by Crippen LogP contribution is 2.14. The lowest BCUT2D eigenvalue weighted by Gasteiger charge is -2.23. The van der Waals surface area contributed by atoms with Gasteiger partial charge < -0.3 is 14.5 Å². The van der Waals surface area contributed by atoms with Crippen molar-refractivity contribution < 1.29 is 9.22 Å². The van der Waals surface area contributed by atoms with Crippen LogP contribution in [0.4, 0.5) is 5.69 Å². The van der Waals surface area contributed by atoms with E-state index in [0.717, 1.165) is 29.1 Å². The summed E-state index contributed by atoms with van der Waals surface area (Å²) in [4.78, 5) is 0. The molecule has 0 atom stereocenters. The predicted octanol–water partition coefficient (Wildman–Crippen LogP) is 1.81. The van der Waals surface area contributed by atoms with Gasteiger partial charge >= 0.3 is 0 Å². The summed E-state index contributed by atoms with van der Waals surface area (Å²) in [6.45, 7) is 1.76. The summed E-state index contributed by atoms with van der Waals surface area (Å²) in [5, 5.41) is 3.08. The van der Waals surface area contributed by atoms with E-state index in [-0.39, 0.29) is 0 Å². The van der Waals surface area contributed by atoms with Crippen LogP contribution in [0.3, 0.4) is 0 Å². The Bertz CT molecular complexity index is 287. The third-order valence-corrected chi connectivity index (χ3v) is 2.17. The molecule has 3 heteroatoms. The molecular weight excluding hydrogens is 188 g/mol. The van der Waals surface area contributed by atoms with E-state index in [9.17, 15) is 0 Å². The maximum absolute atomic E-state index is 5.64. The van der Waals surface area contributed by atoms with E-state index in [1.54, 1.807) is 0 Å². The van der Waals surface area contributed by atoms with Gasteiger partial charge in [0.05, 0.1) is 21.1 Å². The zero-order valence-electron chi connectivity index (χ0n) is 10.1. The molecule has 15 heavy (non-hydrogen) atoms. The number of likely N-dealkylation sites (N-methyl/N-ethyl adjacent to an activating group) is 1. The van der Waals surface area contributed by atoms with Crippen molar-refractivity contribution in [3.63, 3.8) is 0 Å². The predicted molar refractivity (Wildman–Crippen MR) is 64.4 cm³/mol. The lowest BCUT2D eigenvalue weighted by molar-refractivity contribution is -0.870. The van der Waals surface area contributed by atoms with Crippen LogP contribution in [0, 0.1) is 0 Å². The fraction of sp³-hybridized carbons (Fsp3) is 0.500. The number of hydrogen-bond acceptors (Lipinski definition) is 2. The van der Waals surface area contributed by atoms with Gasteiger partial charge in [-0.1, -0.05) is 0 Å². The highest BCUT2D eigenvalue weighted by atomic mass is 16.5. The normalized spacial score (nSPS) is 11.2. The molecule has 0 bridgehead atoms. The fourth-order valence-electron chi connectivity index (χ4n) is 1.16. The molecule has 1 rings (SSSR count). The lowest BCUT2D eigenvalue weighted by Crippen LogP contribution is -2.38. The van der Waals surface area contributed by atoms with Crippen molar-refractivity contribution in [3.05, 3.63) is 24.3 Å². The molecule has 0 heterocycles. The third kappa shape index (κ3) is 4.70. The minimum Gasteiger partial charge on any atom is -0.488 e. The minimum atomic E-state index is 0.752. The van der Waals surface area contributed by atoms with Crippen LogP contribution in [0.5, 0.6) is 5.75 Å². The third-order valence-electron chi connectivity index (χ3n) is 2.17. The van der Waals surface area contributed by atoms with E-state index in [2.05, 4.69) is 26.5 Å². The Balaban J connectivity index is 2.38. The van der Waals surface area contributed by atoms with Gasteiger partial charge in [0.15, 0.2) is 0 Å². The number of nitrogens with zero attached hydrogens (tertiary/aromatic N) is 1. The van der Waals surface area contributed by atoms with E-state index in [4.69, 9.17) is 4.74 Å². The fourth-order valence-corrected chi connectivity index (χ4v) is 1.16. The number of hydrogen-bond donors (Lipinski definition) is 1. The summed E-state index contributed by atoms with van der Waals surface area (Å²) in [6, 6.07) is 8.01. The second-order valence-corrected chi connectivity index (χ2v) is 4.64. The van der Waals surface area contributed by atoms with Gasteiger partial charge in [-0.15, -0.1) is 0 Å². The highest BCUT2D eigenvalue weighted by molar-refractivity contribution is 5.45. The molecule has 1 aromatic rings. The van der Waals surface area contributed by atoms with Gasteiger partial charge in [0.2, 0.25) is 0 Å². The molecule has 1 aromatic carbocycles. The topological polar surface area (TPSA) is 21.3 Å². The SMILES string of the molecule is CNc1ccc(OCC[N+](C)(C)C)cc1. The van der Waals surface area contributed by atoms with Gasteiger partial charge in [-0.25, -0.2) is 0 Å². The zero-order chi connectivity index (χ0) is 11.3. The highest BCUT2D eigenvalue weighted by Gasteiger charge is 2.06. The Kier molecular flexibility index (Phi) is 3.97. The standard InChI is InChI=1S/C12H21N2O/c1-13-11-5-7-12(8-6-11)15-10-9-14(2,3)4/h5-8,13H,9-10H2,1-4H3/q+1. The minimum absolute atomic E-state index is 0.752. The van der Waals surface area contributed by atoms with Crippen molar-refractivity contribution in [1.29, 1.82) is 0 Å². The number of nitrogens with one attached hydrogen (secondary N) is 1. The molecule has 0 fully saturated rings. The van der Waals surface area contributed by atoms with Gasteiger partial charge in [0, 0.05) is 12.7 Å². The first-order valence-electron chi connectivity index (χ1n) is 5.22. The van der Waals surface area contributed by atoms with Crippen molar-refractivity contribution in [2.24, 2.45) is 0 Å². The van der Waals surface area contributed by atoms with Gasteiger partial charge in [-0.2, -0.15) is 0 Å². The Morgan fingerprint density at radius 2 is 1.73 bits per heavy atom. The van der Waals surface area contributed by atoms with Crippen LogP contribution in [0.15, 0.2) is 24.3 Å². The molecule has 0 spiro atoms. The van der Waals surface area contributed by atoms with Crippen molar-refractivity contribution in [2.45, 2.75) is 0 Å². The quantitative estimate of drug-likeness (QED) is 0.747. The zero-order valence-corrected chi connectivity index (χ0v) is 10.1. The molecule has 3 nitrogen and oxygen atoms in total. The van der Waals surface area contributed by atoms with Gasteiger partial charge in [0.1, 0.15) is 18.9 Å². The molecule has 0 aliphatic heterocycles. The van der Waals surface area contributed by atoms with E-state index in [1.807, 2.05) is 31.3 Å². The van der Waals surface area contributed by atoms with Crippen molar-refractivity contribution in [3.8, 4) is 5.75 Å². The van der Waals surface area contributed by atoms with E-state index in [0.29, 0.717) is 0 Å². The molecule has 0 saturated heterocycles. The van der Waals surface area contributed by atoms with E-state index < -0.39 is 0 Å². The second-order valence-electron chi connectivity index (χ2n) is 4.64. The summed E-state index contributed by atoms with van der Waals surface area (Å²) in [5.74, 6) is 0.933. The number of benzene rings is 1. The summed E-state index contributed by atoms with van der Waals surface area (Å²) in [7, 11) is 8.39. The first-order chi connectivity index (χ1) is 7.01. The smallest absolute Gasteiger partial charge is 0.137 e. The number of rotatable bonds is 5. The maximum Gasteiger partial charge on any atom is 0.137 e. The first-order valence-corrected chi connectivity index (χ1v) is 5.22. The molecule has 0 radical (unpaired) electrons. The van der Waals surface area contributed by atoms with E-state index >= 15 is 0 Å². The largest absolute Gasteiger partial charge is 0.488 e. The summed E-state index contributed by atoms with van der Waals surface area (Å²) in [6.07, 6.45) is 0. The Morgan fingerprint density at radius 1 is 1.13 bits per heavy atom. The maximum atomic E-state index is 5.64. The average Bonchev–Trinajstić information content (AvgIpc) is 2.17. The van der Waals surface area contributed by atoms with Crippen LogP contribution < -0.4 is 10.1 Å². The van der Waals surface area contributed by atoms with E-state index in [1.165, 1.54) is 0 Å². The monoisotopic (exact) mass is 209 g/mol. The number of anilines is 1. The molecule has 1 N–H and O–H groups in total. The number of quaternary nitrogens is 1. The molecule has 0 aliphatic rings. The molecular formula is C12H21N2O+. The Hall–Kier alpha value is -1.22. The van der Waals surface area contributed by atoms with Gasteiger partial charge in [0.25, 0.3) is 0 Å². The van der Waals surface area contributed by atoms with Crippen LogP contribution >= 0.6 is 0 Å². The average molecular weight is 209 g/mol. The second kappa shape index (κ2) is 5.03. The van der Waals surface area contributed by atoms with Gasteiger partial charge in [-0.05, 0) is 24.3 Å². The Labute approximate surface area is 92.3 Å². The molecule has 0 unspecified atom stereocenters. The first kappa shape index (κ1) is 11.9. The molecule has 84 valence electrons. The van der Waals surface area contributed by atoms with Crippen LogP contribution in [-0.2, 0) is 0 Å². The van der Waals surface area contributed by atoms with Crippen molar-refractivity contribution in [2.75, 3.05) is 46.7 Å². The van der Waals surface area contributed by atoms with Crippen molar-refractivity contribution in [1.82, 2.24) is 0 Å². The van der Waals surface area contributed by atoms with Crippen LogP contribution in [0.2, 0.25) is 0 Å². The van der Waals surface area contributed by atoms with Crippen LogP contribution in [-0.4, -0.2) is 45.8 Å². The molecule has 0 aromatic heterocycles. The van der Waals surface area contributed by atoms with Crippen molar-refractivity contribution >= 4 is 5.69 Å².